The van der Waals surface area contributed by atoms with Crippen LogP contribution in [0.15, 0.2) is 72.5 Å². The van der Waals surface area contributed by atoms with Crippen LogP contribution in [-0.4, -0.2) is 103 Å². The number of aryl methyl sites for hydroxylation is 1. The third kappa shape index (κ3) is 10.9. The van der Waals surface area contributed by atoms with Crippen LogP contribution in [0, 0.1) is 24.0 Å². The van der Waals surface area contributed by atoms with E-state index >= 15 is 8.78 Å². The minimum Gasteiger partial charge on any atom is -0.493 e. The minimum atomic E-state index is -0.791. The molecule has 0 radical (unpaired) electrons. The van der Waals surface area contributed by atoms with Crippen LogP contribution in [-0.2, 0) is 9.59 Å². The number of anilines is 3. The Labute approximate surface area is 405 Å². The quantitative estimate of drug-likeness (QED) is 0.0448. The molecule has 2 amide bonds. The lowest BCUT2D eigenvalue weighted by molar-refractivity contribution is -0.132. The number of aromatic nitrogens is 2. The Hall–Kier alpha value is -5.94. The number of halogens is 6. The lowest BCUT2D eigenvalue weighted by Crippen LogP contribution is -2.42. The van der Waals surface area contributed by atoms with Crippen LogP contribution in [0.1, 0.15) is 43.2 Å². The van der Waals surface area contributed by atoms with Crippen molar-refractivity contribution in [3.63, 3.8) is 0 Å². The van der Waals surface area contributed by atoms with Crippen molar-refractivity contribution in [3.8, 4) is 23.0 Å². The van der Waals surface area contributed by atoms with Gasteiger partial charge in [-0.3, -0.25) is 15.0 Å². The fourth-order valence-electron chi connectivity index (χ4n) is 8.00. The van der Waals surface area contributed by atoms with Gasteiger partial charge in [0, 0.05) is 81.8 Å². The summed E-state index contributed by atoms with van der Waals surface area (Å²) in [6.45, 7) is 7.12. The van der Waals surface area contributed by atoms with Crippen LogP contribution < -0.4 is 29.2 Å². The number of hydrogen-bond donors (Lipinski definition) is 2. The maximum atomic E-state index is 16.1. The number of amidine groups is 1. The highest BCUT2D eigenvalue weighted by Gasteiger charge is 2.29. The van der Waals surface area contributed by atoms with Crippen molar-refractivity contribution in [1.29, 1.82) is 5.41 Å². The number of methoxy groups -OCH3 is 2. The number of fused-ring (bicyclic) bond motifs is 1. The van der Waals surface area contributed by atoms with E-state index in [2.05, 4.69) is 26.9 Å². The van der Waals surface area contributed by atoms with E-state index in [1.807, 2.05) is 6.92 Å². The Kier molecular flexibility index (Phi) is 15.9. The molecule has 2 fully saturated rings. The second-order valence-electron chi connectivity index (χ2n) is 15.6. The number of nitrogens with one attached hydrogen (secondary N) is 2. The highest BCUT2D eigenvalue weighted by atomic mass is 35.5. The molecule has 5 aromatic rings. The van der Waals surface area contributed by atoms with Gasteiger partial charge in [0.1, 0.15) is 36.5 Å². The number of piperidine rings is 2. The summed E-state index contributed by atoms with van der Waals surface area (Å²) in [7, 11) is 3.03. The number of carbonyl (C=O) groups is 2. The van der Waals surface area contributed by atoms with Gasteiger partial charge >= 0.3 is 0 Å². The molecule has 352 valence electrons. The van der Waals surface area contributed by atoms with Crippen LogP contribution in [0.3, 0.4) is 0 Å². The molecule has 0 bridgehead atoms. The Morgan fingerprint density at radius 2 is 1.45 bits per heavy atom. The van der Waals surface area contributed by atoms with Gasteiger partial charge in [-0.05, 0) is 61.0 Å². The smallest absolute Gasteiger partial charge is 0.245 e. The van der Waals surface area contributed by atoms with Gasteiger partial charge in [-0.1, -0.05) is 53.0 Å². The van der Waals surface area contributed by atoms with Crippen molar-refractivity contribution in [2.24, 2.45) is 4.99 Å². The molecule has 3 heterocycles. The molecule has 2 aliphatic heterocycles. The van der Waals surface area contributed by atoms with Gasteiger partial charge in [-0.2, -0.15) is 0 Å². The van der Waals surface area contributed by atoms with Crippen LogP contribution in [0.4, 0.5) is 26.0 Å². The predicted octanol–water partition coefficient (Wildman–Crippen LogP) is 10.5. The number of benzene rings is 4. The van der Waals surface area contributed by atoms with Gasteiger partial charge in [0.25, 0.3) is 0 Å². The first-order chi connectivity index (χ1) is 32.2. The van der Waals surface area contributed by atoms with Gasteiger partial charge in [-0.25, -0.2) is 23.7 Å². The second kappa shape index (κ2) is 21.8. The van der Waals surface area contributed by atoms with Crippen LogP contribution in [0.2, 0.25) is 20.1 Å². The summed E-state index contributed by atoms with van der Waals surface area (Å²) in [5.74, 6) is 0.223. The monoisotopic (exact) mass is 996 g/mol. The minimum absolute atomic E-state index is 0.00257. The van der Waals surface area contributed by atoms with Gasteiger partial charge in [-0.15, -0.1) is 0 Å². The van der Waals surface area contributed by atoms with E-state index in [1.165, 1.54) is 50.9 Å². The van der Waals surface area contributed by atoms with E-state index in [9.17, 15) is 9.59 Å². The number of aliphatic imine (C=N–C) groups is 1. The first-order valence-electron chi connectivity index (χ1n) is 21.2. The van der Waals surface area contributed by atoms with Gasteiger partial charge < -0.3 is 39.0 Å². The van der Waals surface area contributed by atoms with Crippen LogP contribution in [0.25, 0.3) is 10.9 Å². The molecule has 7 rings (SSSR count). The Bertz CT molecular complexity index is 2730. The number of amides is 2. The molecule has 0 aliphatic carbocycles. The maximum Gasteiger partial charge on any atom is 0.245 e. The van der Waals surface area contributed by atoms with E-state index in [0.29, 0.717) is 103 Å². The summed E-state index contributed by atoms with van der Waals surface area (Å²) < 4.78 is 55.4. The number of hydrogen-bond acceptors (Lipinski definition) is 10. The molecular formula is C47H46Cl4F2N8O6. The van der Waals surface area contributed by atoms with Crippen molar-refractivity contribution in [2.45, 2.75) is 51.2 Å². The van der Waals surface area contributed by atoms with Crippen molar-refractivity contribution in [2.75, 3.05) is 57.2 Å². The zero-order chi connectivity index (χ0) is 47.9. The largest absolute Gasteiger partial charge is 0.493 e. The molecule has 0 atom stereocenters. The zero-order valence-corrected chi connectivity index (χ0v) is 39.7. The SMILES string of the molecule is C=CC(=O)N1CCC(Oc2cc3c(N(CCC(=O)N4CCC(Oc5cc(/C(=N\C=N)Nc6ccc(Cl)c(Cl)c6F)c(C)cc5OC)CC4)c4ccc(Cl)c(Cl)c4F)ncnc3cc2OC)CC1. The lowest BCUT2D eigenvalue weighted by atomic mass is 10.0. The predicted molar refractivity (Wildman–Crippen MR) is 258 cm³/mol. The molecule has 2 saturated heterocycles. The molecule has 67 heavy (non-hydrogen) atoms. The normalized spacial score (nSPS) is 14.7. The van der Waals surface area contributed by atoms with E-state index in [1.54, 1.807) is 39.0 Å². The maximum absolute atomic E-state index is 16.1. The summed E-state index contributed by atoms with van der Waals surface area (Å²) in [6.07, 6.45) is 5.01. The molecular weight excluding hydrogens is 952 g/mol. The van der Waals surface area contributed by atoms with E-state index in [4.69, 9.17) is 70.8 Å². The Morgan fingerprint density at radius 1 is 0.851 bits per heavy atom. The lowest BCUT2D eigenvalue weighted by Gasteiger charge is -2.33. The van der Waals surface area contributed by atoms with E-state index in [-0.39, 0.29) is 74.3 Å². The molecule has 1 aromatic heterocycles. The zero-order valence-electron chi connectivity index (χ0n) is 36.7. The van der Waals surface area contributed by atoms with Crippen LogP contribution >= 0.6 is 46.4 Å². The summed E-state index contributed by atoms with van der Waals surface area (Å²) in [5.41, 5.74) is 1.74. The van der Waals surface area contributed by atoms with Crippen molar-refractivity contribution >= 4 is 98.5 Å². The highest BCUT2D eigenvalue weighted by Crippen LogP contribution is 2.41. The second-order valence-corrected chi connectivity index (χ2v) is 17.2. The summed E-state index contributed by atoms with van der Waals surface area (Å²) in [4.78, 5) is 44.4. The summed E-state index contributed by atoms with van der Waals surface area (Å²) >= 11 is 24.6. The van der Waals surface area contributed by atoms with E-state index < -0.39 is 11.6 Å². The summed E-state index contributed by atoms with van der Waals surface area (Å²) in [5, 5.41) is 10.6. The fraction of sp³-hybridized carbons (Fsp3) is 0.319. The number of carbonyl (C=O) groups excluding carboxylic acids is 2. The molecule has 14 nitrogen and oxygen atoms in total. The number of rotatable bonds is 15. The average Bonchev–Trinajstić information content (AvgIpc) is 3.34. The molecule has 0 unspecified atom stereocenters. The standard InChI is InChI=1S/C47H46Cl4F2N8O6/c1-5-40(62)59-15-10-27(11-16-59)67-39-22-30-34(23-37(39)65-4)56-25-57-47(30)61(35-9-7-32(49)43(51)45(35)53)19-14-41(63)60-17-12-28(13-18-60)66-38-21-29(26(2)20-36(38)64-3)46(55-24-54)58-33-8-6-31(48)42(50)44(33)52/h5-9,20-25,27-28H,1,10-19H2,2-4H3,(H2,54,55,58). The first-order valence-corrected chi connectivity index (χ1v) is 22.7. The Morgan fingerprint density at radius 3 is 2.07 bits per heavy atom. The van der Waals surface area contributed by atoms with E-state index in [0.717, 1.165) is 6.34 Å². The first kappa shape index (κ1) is 49.0. The summed E-state index contributed by atoms with van der Waals surface area (Å²) in [6, 6.07) is 12.7. The molecule has 2 aliphatic rings. The molecule has 4 aromatic carbocycles. The van der Waals surface area contributed by atoms with Gasteiger partial charge in [0.15, 0.2) is 34.6 Å². The van der Waals surface area contributed by atoms with Gasteiger partial charge in [0.2, 0.25) is 11.8 Å². The number of nitrogens with zero attached hydrogens (tertiary/aromatic N) is 6. The Balaban J connectivity index is 1.08. The van der Waals surface area contributed by atoms with Crippen molar-refractivity contribution in [3.05, 3.63) is 110 Å². The number of likely N-dealkylation sites (tertiary alicyclic amines) is 2. The third-order valence-electron chi connectivity index (χ3n) is 11.6. The number of ether oxygens (including phenoxy) is 4. The average molecular weight is 999 g/mol. The van der Waals surface area contributed by atoms with Crippen LogP contribution in [0.5, 0.6) is 23.0 Å². The highest BCUT2D eigenvalue weighted by molar-refractivity contribution is 6.43. The molecule has 0 spiro atoms. The fourth-order valence-corrected chi connectivity index (χ4v) is 8.62. The topological polar surface area (TPSA) is 155 Å². The van der Waals surface area contributed by atoms with Gasteiger partial charge in [0.05, 0.1) is 51.2 Å². The molecule has 20 heteroatoms. The molecule has 2 N–H and O–H groups in total. The third-order valence-corrected chi connectivity index (χ3v) is 13.1. The van der Waals surface area contributed by atoms with Crippen molar-refractivity contribution < 1.29 is 37.3 Å². The molecule has 0 saturated carbocycles. The van der Waals surface area contributed by atoms with Crippen molar-refractivity contribution in [1.82, 2.24) is 19.8 Å².